The first-order chi connectivity index (χ1) is 10.1. The first-order valence-corrected chi connectivity index (χ1v) is 8.95. The highest BCUT2D eigenvalue weighted by Crippen LogP contribution is 2.36. The van der Waals surface area contributed by atoms with Crippen LogP contribution >= 0.6 is 15.9 Å². The molecule has 1 aromatic rings. The average Bonchev–Trinajstić information content (AvgIpc) is 3.21. The first kappa shape index (κ1) is 15.1. The Balaban J connectivity index is 1.84. The Morgan fingerprint density at radius 3 is 2.33 bits per heavy atom. The number of amides is 1. The van der Waals surface area contributed by atoms with E-state index < -0.39 is 0 Å². The van der Waals surface area contributed by atoms with Crippen molar-refractivity contribution in [3.8, 4) is 0 Å². The van der Waals surface area contributed by atoms with Crippen LogP contribution in [0.4, 0.5) is 0 Å². The van der Waals surface area contributed by atoms with Crippen molar-refractivity contribution in [3.05, 3.63) is 15.9 Å². The third-order valence-electron chi connectivity index (χ3n) is 4.66. The van der Waals surface area contributed by atoms with E-state index in [1.165, 1.54) is 19.3 Å². The Bertz CT molecular complexity index is 516. The van der Waals surface area contributed by atoms with E-state index in [0.29, 0.717) is 23.7 Å². The van der Waals surface area contributed by atoms with Crippen LogP contribution in [0.3, 0.4) is 0 Å². The first-order valence-electron chi connectivity index (χ1n) is 8.16. The summed E-state index contributed by atoms with van der Waals surface area (Å²) >= 11 is 3.57. The molecule has 1 N–H and O–H groups in total. The smallest absolute Gasteiger partial charge is 0.276 e. The van der Waals surface area contributed by atoms with Crippen LogP contribution in [0.25, 0.3) is 0 Å². The Kier molecular flexibility index (Phi) is 4.38. The summed E-state index contributed by atoms with van der Waals surface area (Å²) in [5.41, 5.74) is 1.58. The average molecular weight is 354 g/mol. The van der Waals surface area contributed by atoms with Gasteiger partial charge in [-0.1, -0.05) is 33.1 Å². The van der Waals surface area contributed by atoms with Crippen molar-refractivity contribution in [3.63, 3.8) is 0 Å². The van der Waals surface area contributed by atoms with Crippen molar-refractivity contribution >= 4 is 21.8 Å². The van der Waals surface area contributed by atoms with Gasteiger partial charge in [0.05, 0.1) is 10.2 Å². The van der Waals surface area contributed by atoms with Gasteiger partial charge in [-0.3, -0.25) is 9.89 Å². The van der Waals surface area contributed by atoms with Gasteiger partial charge in [0, 0.05) is 12.1 Å². The van der Waals surface area contributed by atoms with E-state index in [2.05, 4.69) is 44.9 Å². The van der Waals surface area contributed by atoms with E-state index in [1.807, 2.05) is 0 Å². The highest BCUT2D eigenvalue weighted by Gasteiger charge is 2.39. The number of hydrogen-bond acceptors (Lipinski definition) is 2. The van der Waals surface area contributed by atoms with E-state index in [9.17, 15) is 4.79 Å². The van der Waals surface area contributed by atoms with Gasteiger partial charge < -0.3 is 4.90 Å². The van der Waals surface area contributed by atoms with Gasteiger partial charge in [0.2, 0.25) is 0 Å². The molecule has 4 nitrogen and oxygen atoms in total. The molecule has 0 atom stereocenters. The number of rotatable bonds is 4. The molecular formula is C16H24BrN3O. The number of aromatic nitrogens is 2. The molecule has 2 aliphatic rings. The van der Waals surface area contributed by atoms with Crippen LogP contribution in [0.15, 0.2) is 4.47 Å². The van der Waals surface area contributed by atoms with Crippen LogP contribution in [0, 0.1) is 0 Å². The molecule has 2 fully saturated rings. The van der Waals surface area contributed by atoms with Gasteiger partial charge >= 0.3 is 0 Å². The van der Waals surface area contributed by atoms with Crippen molar-refractivity contribution in [2.24, 2.45) is 0 Å². The second kappa shape index (κ2) is 6.11. The summed E-state index contributed by atoms with van der Waals surface area (Å²) in [4.78, 5) is 15.1. The molecule has 5 heteroatoms. The summed E-state index contributed by atoms with van der Waals surface area (Å²) in [5, 5.41) is 7.33. The molecule has 116 valence electrons. The number of carbonyl (C=O) groups excluding carboxylic acids is 1. The van der Waals surface area contributed by atoms with Crippen LogP contribution in [0.1, 0.15) is 80.9 Å². The standard InChI is InChI=1S/C16H24BrN3O/c1-10(2)14-13(17)15(19-18-14)16(21)20(12-8-9-12)11-6-4-3-5-7-11/h10-12H,3-9H2,1-2H3,(H,18,19). The molecule has 1 aromatic heterocycles. The minimum atomic E-state index is 0.111. The zero-order valence-electron chi connectivity index (χ0n) is 12.9. The Hall–Kier alpha value is -0.840. The predicted octanol–water partition coefficient (Wildman–Crippen LogP) is 4.23. The Morgan fingerprint density at radius 1 is 1.19 bits per heavy atom. The molecule has 2 saturated carbocycles. The summed E-state index contributed by atoms with van der Waals surface area (Å²) in [6, 6.07) is 0.872. The third-order valence-corrected chi connectivity index (χ3v) is 5.46. The summed E-state index contributed by atoms with van der Waals surface area (Å²) in [5.74, 6) is 0.442. The minimum Gasteiger partial charge on any atom is -0.331 e. The van der Waals surface area contributed by atoms with Gasteiger partial charge in [0.25, 0.3) is 5.91 Å². The van der Waals surface area contributed by atoms with Gasteiger partial charge in [-0.25, -0.2) is 0 Å². The van der Waals surface area contributed by atoms with Crippen LogP contribution in [-0.2, 0) is 0 Å². The lowest BCUT2D eigenvalue weighted by molar-refractivity contribution is 0.0607. The van der Waals surface area contributed by atoms with Crippen molar-refractivity contribution in [1.82, 2.24) is 15.1 Å². The maximum atomic E-state index is 13.0. The predicted molar refractivity (Wildman–Crippen MR) is 86.4 cm³/mol. The summed E-state index contributed by atoms with van der Waals surface area (Å²) in [7, 11) is 0. The van der Waals surface area contributed by atoms with Crippen LogP contribution < -0.4 is 0 Å². The van der Waals surface area contributed by atoms with Gasteiger partial charge in [-0.15, -0.1) is 0 Å². The number of halogens is 1. The monoisotopic (exact) mass is 353 g/mol. The maximum absolute atomic E-state index is 13.0. The van der Waals surface area contributed by atoms with Crippen LogP contribution in [0.5, 0.6) is 0 Å². The molecule has 0 aromatic carbocycles. The summed E-state index contributed by atoms with van der Waals surface area (Å²) < 4.78 is 0.851. The van der Waals surface area contributed by atoms with E-state index in [0.717, 1.165) is 35.8 Å². The molecule has 2 aliphatic carbocycles. The molecule has 0 unspecified atom stereocenters. The molecule has 1 heterocycles. The fourth-order valence-corrected chi connectivity index (χ4v) is 4.13. The molecule has 1 amide bonds. The third kappa shape index (κ3) is 3.03. The molecule has 0 bridgehead atoms. The van der Waals surface area contributed by atoms with E-state index in [-0.39, 0.29) is 5.91 Å². The zero-order valence-corrected chi connectivity index (χ0v) is 14.4. The summed E-state index contributed by atoms with van der Waals surface area (Å²) in [6.07, 6.45) is 8.43. The number of nitrogens with zero attached hydrogens (tertiary/aromatic N) is 2. The summed E-state index contributed by atoms with van der Waals surface area (Å²) in [6.45, 7) is 4.21. The lowest BCUT2D eigenvalue weighted by Crippen LogP contribution is -2.43. The largest absolute Gasteiger partial charge is 0.331 e. The Morgan fingerprint density at radius 2 is 1.81 bits per heavy atom. The van der Waals surface area contributed by atoms with E-state index in [4.69, 9.17) is 0 Å². The van der Waals surface area contributed by atoms with Gasteiger partial charge in [0.1, 0.15) is 0 Å². The zero-order chi connectivity index (χ0) is 15.0. The molecule has 0 saturated heterocycles. The van der Waals surface area contributed by atoms with Crippen molar-refractivity contribution in [2.45, 2.75) is 76.8 Å². The molecule has 21 heavy (non-hydrogen) atoms. The normalized spacial score (nSPS) is 20.0. The minimum absolute atomic E-state index is 0.111. The van der Waals surface area contributed by atoms with Crippen LogP contribution in [-0.4, -0.2) is 33.1 Å². The molecule has 0 aliphatic heterocycles. The number of carbonyl (C=O) groups is 1. The number of hydrogen-bond donors (Lipinski definition) is 1. The topological polar surface area (TPSA) is 49.0 Å². The van der Waals surface area contributed by atoms with Gasteiger partial charge in [-0.2, -0.15) is 5.10 Å². The second-order valence-electron chi connectivity index (χ2n) is 6.69. The van der Waals surface area contributed by atoms with E-state index in [1.54, 1.807) is 0 Å². The molecule has 0 radical (unpaired) electrons. The molecule has 0 spiro atoms. The fourth-order valence-electron chi connectivity index (χ4n) is 3.33. The van der Waals surface area contributed by atoms with E-state index >= 15 is 0 Å². The number of H-pyrrole nitrogens is 1. The Labute approximate surface area is 134 Å². The highest BCUT2D eigenvalue weighted by atomic mass is 79.9. The van der Waals surface area contributed by atoms with Crippen molar-refractivity contribution in [2.75, 3.05) is 0 Å². The maximum Gasteiger partial charge on any atom is 0.276 e. The van der Waals surface area contributed by atoms with Gasteiger partial charge in [-0.05, 0) is 47.5 Å². The van der Waals surface area contributed by atoms with Crippen LogP contribution in [0.2, 0.25) is 0 Å². The molecule has 3 rings (SSSR count). The number of aromatic amines is 1. The highest BCUT2D eigenvalue weighted by molar-refractivity contribution is 9.10. The lowest BCUT2D eigenvalue weighted by atomic mass is 9.93. The second-order valence-corrected chi connectivity index (χ2v) is 7.48. The lowest BCUT2D eigenvalue weighted by Gasteiger charge is -2.34. The number of nitrogens with one attached hydrogen (secondary N) is 1. The molecular weight excluding hydrogens is 330 g/mol. The fraction of sp³-hybridized carbons (Fsp3) is 0.750. The van der Waals surface area contributed by atoms with Gasteiger partial charge in [0.15, 0.2) is 5.69 Å². The van der Waals surface area contributed by atoms with Crippen molar-refractivity contribution in [1.29, 1.82) is 0 Å². The SMILES string of the molecule is CC(C)c1[nH]nc(C(=O)N(C2CCCCC2)C2CC2)c1Br. The van der Waals surface area contributed by atoms with Crippen molar-refractivity contribution < 1.29 is 4.79 Å². The quantitative estimate of drug-likeness (QED) is 0.880.